The van der Waals surface area contributed by atoms with Crippen LogP contribution in [0.1, 0.15) is 30.3 Å². The predicted octanol–water partition coefficient (Wildman–Crippen LogP) is 0.954. The van der Waals surface area contributed by atoms with Gasteiger partial charge in [0.05, 0.1) is 24.9 Å². The van der Waals surface area contributed by atoms with Gasteiger partial charge in [0.15, 0.2) is 5.69 Å². The van der Waals surface area contributed by atoms with E-state index in [2.05, 4.69) is 9.97 Å². The molecular weight excluding hydrogens is 262 g/mol. The average molecular weight is 279 g/mol. The van der Waals surface area contributed by atoms with Gasteiger partial charge in [-0.05, 0) is 19.8 Å². The maximum Gasteiger partial charge on any atom is 0.356 e. The van der Waals surface area contributed by atoms with E-state index in [0.717, 1.165) is 19.4 Å². The number of hydrogen-bond acceptors (Lipinski definition) is 6. The molecule has 2 heterocycles. The molecule has 1 aliphatic rings. The Balaban J connectivity index is 2.04. The zero-order chi connectivity index (χ0) is 14.5. The Labute approximate surface area is 116 Å². The molecule has 7 nitrogen and oxygen atoms in total. The Hall–Kier alpha value is -2.18. The summed E-state index contributed by atoms with van der Waals surface area (Å²) >= 11 is 0. The molecule has 1 aromatic rings. The number of carbonyl (C=O) groups is 2. The Kier molecular flexibility index (Phi) is 4.49. The molecule has 1 atom stereocenters. The molecule has 2 rings (SSSR count). The van der Waals surface area contributed by atoms with Crippen LogP contribution in [0.3, 0.4) is 0 Å². The molecule has 0 spiro atoms. The number of nitrogens with zero attached hydrogens (tertiary/aromatic N) is 3. The third kappa shape index (κ3) is 3.23. The van der Waals surface area contributed by atoms with Crippen LogP contribution in [0.4, 0.5) is 5.82 Å². The van der Waals surface area contributed by atoms with Crippen LogP contribution in [0.25, 0.3) is 0 Å². The number of carboxylic acid groups (broad SMARTS) is 1. The highest BCUT2D eigenvalue weighted by atomic mass is 16.5. The molecule has 1 unspecified atom stereocenters. The van der Waals surface area contributed by atoms with Crippen LogP contribution in [0, 0.1) is 5.92 Å². The van der Waals surface area contributed by atoms with Crippen LogP contribution < -0.4 is 4.90 Å². The number of hydrogen-bond donors (Lipinski definition) is 1. The van der Waals surface area contributed by atoms with Gasteiger partial charge >= 0.3 is 11.9 Å². The van der Waals surface area contributed by atoms with Crippen molar-refractivity contribution in [3.05, 3.63) is 18.1 Å². The molecule has 1 aromatic heterocycles. The van der Waals surface area contributed by atoms with E-state index in [9.17, 15) is 9.59 Å². The molecule has 1 fully saturated rings. The van der Waals surface area contributed by atoms with Gasteiger partial charge in [-0.1, -0.05) is 0 Å². The van der Waals surface area contributed by atoms with E-state index < -0.39 is 5.97 Å². The molecule has 108 valence electrons. The molecule has 0 aromatic carbocycles. The molecule has 1 saturated heterocycles. The lowest BCUT2D eigenvalue weighted by Gasteiger charge is -2.32. The van der Waals surface area contributed by atoms with Gasteiger partial charge in [-0.2, -0.15) is 0 Å². The summed E-state index contributed by atoms with van der Waals surface area (Å²) in [5.74, 6) is -0.868. The number of aromatic carboxylic acids is 1. The third-order valence-electron chi connectivity index (χ3n) is 3.22. The summed E-state index contributed by atoms with van der Waals surface area (Å²) in [6.45, 7) is 3.47. The van der Waals surface area contributed by atoms with Crippen LogP contribution in [0.2, 0.25) is 0 Å². The van der Waals surface area contributed by atoms with Gasteiger partial charge in [0.25, 0.3) is 0 Å². The van der Waals surface area contributed by atoms with Crippen molar-refractivity contribution < 1.29 is 19.4 Å². The van der Waals surface area contributed by atoms with E-state index in [4.69, 9.17) is 9.84 Å². The standard InChI is InChI=1S/C13H17N3O4/c1-2-20-13(19)9-4-3-5-16(8-9)11-7-14-10(6-15-11)12(17)18/h6-7,9H,2-5,8H2,1H3,(H,17,18). The van der Waals surface area contributed by atoms with Gasteiger partial charge in [0.1, 0.15) is 5.82 Å². The number of carboxylic acids is 1. The van der Waals surface area contributed by atoms with E-state index in [1.807, 2.05) is 4.90 Å². The first kappa shape index (κ1) is 14.2. The maximum absolute atomic E-state index is 11.8. The Morgan fingerprint density at radius 2 is 2.25 bits per heavy atom. The molecule has 1 aliphatic heterocycles. The highest BCUT2D eigenvalue weighted by Gasteiger charge is 2.27. The van der Waals surface area contributed by atoms with E-state index in [1.54, 1.807) is 6.92 Å². The van der Waals surface area contributed by atoms with Gasteiger partial charge in [-0.15, -0.1) is 0 Å². The van der Waals surface area contributed by atoms with Crippen molar-refractivity contribution in [2.75, 3.05) is 24.6 Å². The lowest BCUT2D eigenvalue weighted by atomic mass is 9.98. The number of rotatable bonds is 4. The third-order valence-corrected chi connectivity index (χ3v) is 3.22. The Bertz CT molecular complexity index is 489. The first-order chi connectivity index (χ1) is 9.61. The fourth-order valence-electron chi connectivity index (χ4n) is 2.23. The largest absolute Gasteiger partial charge is 0.476 e. The van der Waals surface area contributed by atoms with Crippen molar-refractivity contribution in [1.82, 2.24) is 9.97 Å². The minimum Gasteiger partial charge on any atom is -0.476 e. The van der Waals surface area contributed by atoms with Crippen molar-refractivity contribution in [2.45, 2.75) is 19.8 Å². The summed E-state index contributed by atoms with van der Waals surface area (Å²) in [6, 6.07) is 0. The predicted molar refractivity (Wildman–Crippen MR) is 70.6 cm³/mol. The van der Waals surface area contributed by atoms with Gasteiger partial charge in [-0.3, -0.25) is 4.79 Å². The number of esters is 1. The monoisotopic (exact) mass is 279 g/mol. The average Bonchev–Trinajstić information content (AvgIpc) is 2.48. The van der Waals surface area contributed by atoms with Crippen molar-refractivity contribution in [1.29, 1.82) is 0 Å². The number of ether oxygens (including phenoxy) is 1. The quantitative estimate of drug-likeness (QED) is 0.820. The highest BCUT2D eigenvalue weighted by Crippen LogP contribution is 2.22. The van der Waals surface area contributed by atoms with Gasteiger partial charge in [-0.25, -0.2) is 14.8 Å². The summed E-state index contributed by atoms with van der Waals surface area (Å²) in [5.41, 5.74) is -0.0901. The fraction of sp³-hybridized carbons (Fsp3) is 0.538. The van der Waals surface area contributed by atoms with Gasteiger partial charge in [0, 0.05) is 13.1 Å². The van der Waals surface area contributed by atoms with E-state index in [0.29, 0.717) is 19.0 Å². The Morgan fingerprint density at radius 1 is 1.45 bits per heavy atom. The van der Waals surface area contributed by atoms with Crippen LogP contribution in [0.5, 0.6) is 0 Å². The molecule has 0 saturated carbocycles. The van der Waals surface area contributed by atoms with Crippen LogP contribution in [-0.4, -0.2) is 46.7 Å². The summed E-state index contributed by atoms with van der Waals surface area (Å²) in [6.07, 6.45) is 4.32. The molecule has 0 aliphatic carbocycles. The second-order valence-corrected chi connectivity index (χ2v) is 4.60. The minimum absolute atomic E-state index is 0.0901. The summed E-state index contributed by atoms with van der Waals surface area (Å²) in [7, 11) is 0. The zero-order valence-electron chi connectivity index (χ0n) is 11.3. The minimum atomic E-state index is -1.10. The lowest BCUT2D eigenvalue weighted by Crippen LogP contribution is -2.40. The second-order valence-electron chi connectivity index (χ2n) is 4.60. The lowest BCUT2D eigenvalue weighted by molar-refractivity contribution is -0.148. The fourth-order valence-corrected chi connectivity index (χ4v) is 2.23. The smallest absolute Gasteiger partial charge is 0.356 e. The van der Waals surface area contributed by atoms with Gasteiger partial charge in [0.2, 0.25) is 0 Å². The van der Waals surface area contributed by atoms with E-state index >= 15 is 0 Å². The molecule has 0 amide bonds. The van der Waals surface area contributed by atoms with Crippen LogP contribution in [0.15, 0.2) is 12.4 Å². The number of carbonyl (C=O) groups excluding carboxylic acids is 1. The first-order valence-electron chi connectivity index (χ1n) is 6.58. The van der Waals surface area contributed by atoms with Crippen molar-refractivity contribution in [3.8, 4) is 0 Å². The van der Waals surface area contributed by atoms with Gasteiger partial charge < -0.3 is 14.7 Å². The van der Waals surface area contributed by atoms with Crippen LogP contribution >= 0.6 is 0 Å². The molecule has 0 radical (unpaired) electrons. The summed E-state index contributed by atoms with van der Waals surface area (Å²) in [5, 5.41) is 8.78. The first-order valence-corrected chi connectivity index (χ1v) is 6.58. The van der Waals surface area contributed by atoms with E-state index in [1.165, 1.54) is 12.4 Å². The van der Waals surface area contributed by atoms with Crippen LogP contribution in [-0.2, 0) is 9.53 Å². The maximum atomic E-state index is 11.8. The van der Waals surface area contributed by atoms with Crippen molar-refractivity contribution in [3.63, 3.8) is 0 Å². The molecule has 1 N–H and O–H groups in total. The molecule has 20 heavy (non-hydrogen) atoms. The Morgan fingerprint density at radius 3 is 2.85 bits per heavy atom. The molecular formula is C13H17N3O4. The van der Waals surface area contributed by atoms with Crippen molar-refractivity contribution in [2.24, 2.45) is 5.92 Å². The summed E-state index contributed by atoms with van der Waals surface area (Å²) < 4.78 is 5.04. The zero-order valence-corrected chi connectivity index (χ0v) is 11.3. The second kappa shape index (κ2) is 6.31. The SMILES string of the molecule is CCOC(=O)C1CCCN(c2cnc(C(=O)O)cn2)C1. The number of anilines is 1. The summed E-state index contributed by atoms with van der Waals surface area (Å²) in [4.78, 5) is 32.3. The number of aromatic nitrogens is 2. The van der Waals surface area contributed by atoms with E-state index in [-0.39, 0.29) is 17.6 Å². The molecule has 0 bridgehead atoms. The number of piperidine rings is 1. The normalized spacial score (nSPS) is 18.6. The van der Waals surface area contributed by atoms with Crippen molar-refractivity contribution >= 4 is 17.8 Å². The highest BCUT2D eigenvalue weighted by molar-refractivity contribution is 5.84. The topological polar surface area (TPSA) is 92.6 Å². The molecule has 7 heteroatoms.